The summed E-state index contributed by atoms with van der Waals surface area (Å²) in [6.07, 6.45) is 0.128. The lowest BCUT2D eigenvalue weighted by molar-refractivity contribution is 0.942. The van der Waals surface area contributed by atoms with Crippen LogP contribution >= 0.6 is 0 Å². The van der Waals surface area contributed by atoms with E-state index >= 15 is 0 Å². The Kier molecular flexibility index (Phi) is 1.91. The highest BCUT2D eigenvalue weighted by atomic mass is 15.2. The van der Waals surface area contributed by atoms with Gasteiger partial charge in [0.1, 0.15) is 6.17 Å². The standard InChI is InChI=1S/C14H13N4/c1-2-4-12-11(3-1)17-14(18-12)9-5-6-10-13(7-9)16-8-15-10/h1,3-7,14-18H,8H2. The third-order valence-corrected chi connectivity index (χ3v) is 3.40. The molecule has 2 aliphatic rings. The zero-order chi connectivity index (χ0) is 11.9. The van der Waals surface area contributed by atoms with Crippen LogP contribution < -0.4 is 21.3 Å². The number of fused-ring (bicyclic) bond motifs is 2. The Bertz CT molecular complexity index is 583. The number of benzene rings is 2. The van der Waals surface area contributed by atoms with E-state index in [2.05, 4.69) is 45.5 Å². The van der Waals surface area contributed by atoms with Gasteiger partial charge in [0.05, 0.1) is 29.4 Å². The third kappa shape index (κ3) is 1.39. The van der Waals surface area contributed by atoms with Crippen LogP contribution in [0.3, 0.4) is 0 Å². The van der Waals surface area contributed by atoms with Crippen molar-refractivity contribution in [1.29, 1.82) is 0 Å². The molecule has 0 bridgehead atoms. The van der Waals surface area contributed by atoms with Crippen LogP contribution in [-0.2, 0) is 0 Å². The summed E-state index contributed by atoms with van der Waals surface area (Å²) in [7, 11) is 0. The zero-order valence-corrected chi connectivity index (χ0v) is 9.75. The Morgan fingerprint density at radius 2 is 1.83 bits per heavy atom. The average molecular weight is 237 g/mol. The second kappa shape index (κ2) is 3.57. The van der Waals surface area contributed by atoms with Gasteiger partial charge in [-0.3, -0.25) is 0 Å². The third-order valence-electron chi connectivity index (χ3n) is 3.40. The number of nitrogens with one attached hydrogen (secondary N) is 4. The van der Waals surface area contributed by atoms with E-state index in [9.17, 15) is 0 Å². The Hall–Kier alpha value is -2.36. The number of anilines is 4. The molecule has 4 N–H and O–H groups in total. The molecule has 4 heteroatoms. The first-order chi connectivity index (χ1) is 8.90. The van der Waals surface area contributed by atoms with Crippen LogP contribution in [0.2, 0.25) is 0 Å². The normalized spacial score (nSPS) is 16.0. The molecule has 2 heterocycles. The van der Waals surface area contributed by atoms with Gasteiger partial charge in [-0.2, -0.15) is 0 Å². The molecular weight excluding hydrogens is 224 g/mol. The Morgan fingerprint density at radius 3 is 2.78 bits per heavy atom. The van der Waals surface area contributed by atoms with Crippen molar-refractivity contribution in [2.24, 2.45) is 0 Å². The smallest absolute Gasteiger partial charge is 0.123 e. The zero-order valence-electron chi connectivity index (χ0n) is 9.75. The monoisotopic (exact) mass is 237 g/mol. The summed E-state index contributed by atoms with van der Waals surface area (Å²) in [5.74, 6) is 0. The molecule has 89 valence electrons. The minimum absolute atomic E-state index is 0.128. The lowest BCUT2D eigenvalue weighted by atomic mass is 10.1. The molecule has 2 aromatic carbocycles. The molecule has 4 rings (SSSR count). The van der Waals surface area contributed by atoms with Gasteiger partial charge in [0.25, 0.3) is 0 Å². The SMILES string of the molecule is [c]1ccc2c(c1)NC(c1ccc3c(c1)NCN3)N2. The Balaban J connectivity index is 1.66. The van der Waals surface area contributed by atoms with Crippen LogP contribution in [0.25, 0.3) is 0 Å². The lowest BCUT2D eigenvalue weighted by Gasteiger charge is -2.14. The molecule has 18 heavy (non-hydrogen) atoms. The largest absolute Gasteiger partial charge is 0.366 e. The maximum absolute atomic E-state index is 3.46. The summed E-state index contributed by atoms with van der Waals surface area (Å²) in [4.78, 5) is 0. The van der Waals surface area contributed by atoms with Crippen LogP contribution in [0.4, 0.5) is 22.7 Å². The lowest BCUT2D eigenvalue weighted by Crippen LogP contribution is -2.12. The van der Waals surface area contributed by atoms with Crippen molar-refractivity contribution >= 4 is 22.7 Å². The van der Waals surface area contributed by atoms with Crippen LogP contribution in [0.5, 0.6) is 0 Å². The molecule has 1 atom stereocenters. The topological polar surface area (TPSA) is 48.1 Å². The van der Waals surface area contributed by atoms with Crippen molar-refractivity contribution in [3.8, 4) is 0 Å². The molecule has 0 amide bonds. The van der Waals surface area contributed by atoms with Crippen LogP contribution in [0.15, 0.2) is 36.4 Å². The van der Waals surface area contributed by atoms with Crippen LogP contribution in [-0.4, -0.2) is 6.67 Å². The van der Waals surface area contributed by atoms with Gasteiger partial charge in [-0.15, -0.1) is 0 Å². The molecule has 1 unspecified atom stereocenters. The van der Waals surface area contributed by atoms with E-state index in [-0.39, 0.29) is 6.17 Å². The van der Waals surface area contributed by atoms with Gasteiger partial charge in [0, 0.05) is 0 Å². The second-order valence-corrected chi connectivity index (χ2v) is 4.53. The molecule has 2 aliphatic heterocycles. The summed E-state index contributed by atoms with van der Waals surface area (Å²) in [6.45, 7) is 0.805. The molecular formula is C14H13N4. The van der Waals surface area contributed by atoms with Crippen molar-refractivity contribution < 1.29 is 0 Å². The molecule has 0 saturated heterocycles. The first-order valence-electron chi connectivity index (χ1n) is 6.05. The van der Waals surface area contributed by atoms with Gasteiger partial charge in [0.15, 0.2) is 0 Å². The molecule has 0 aliphatic carbocycles. The van der Waals surface area contributed by atoms with Crippen molar-refractivity contribution in [3.63, 3.8) is 0 Å². The number of rotatable bonds is 1. The predicted octanol–water partition coefficient (Wildman–Crippen LogP) is 2.82. The number of hydrogen-bond acceptors (Lipinski definition) is 4. The first kappa shape index (κ1) is 9.65. The van der Waals surface area contributed by atoms with E-state index in [4.69, 9.17) is 0 Å². The molecule has 1 radical (unpaired) electrons. The van der Waals surface area contributed by atoms with E-state index in [1.54, 1.807) is 0 Å². The van der Waals surface area contributed by atoms with E-state index in [1.165, 1.54) is 16.9 Å². The van der Waals surface area contributed by atoms with Gasteiger partial charge in [-0.25, -0.2) is 0 Å². The van der Waals surface area contributed by atoms with E-state index in [0.717, 1.165) is 18.0 Å². The summed E-state index contributed by atoms with van der Waals surface area (Å²) in [6, 6.07) is 15.4. The fourth-order valence-electron chi connectivity index (χ4n) is 2.47. The first-order valence-corrected chi connectivity index (χ1v) is 6.05. The quantitative estimate of drug-likeness (QED) is 0.616. The van der Waals surface area contributed by atoms with Crippen molar-refractivity contribution in [2.75, 3.05) is 27.9 Å². The average Bonchev–Trinajstić information content (AvgIpc) is 3.04. The maximum atomic E-state index is 3.46. The molecule has 4 nitrogen and oxygen atoms in total. The molecule has 2 aromatic rings. The molecule has 0 saturated carbocycles. The van der Waals surface area contributed by atoms with Crippen molar-refractivity contribution in [3.05, 3.63) is 48.0 Å². The fraction of sp³-hybridized carbons (Fsp3) is 0.143. The second-order valence-electron chi connectivity index (χ2n) is 4.53. The van der Waals surface area contributed by atoms with Gasteiger partial charge >= 0.3 is 0 Å². The molecule has 0 aromatic heterocycles. The Morgan fingerprint density at radius 1 is 0.944 bits per heavy atom. The van der Waals surface area contributed by atoms with E-state index in [0.29, 0.717) is 0 Å². The minimum Gasteiger partial charge on any atom is -0.366 e. The molecule has 0 spiro atoms. The van der Waals surface area contributed by atoms with Crippen LogP contribution in [0, 0.1) is 6.07 Å². The van der Waals surface area contributed by atoms with E-state index < -0.39 is 0 Å². The highest BCUT2D eigenvalue weighted by Crippen LogP contribution is 2.37. The number of hydrogen-bond donors (Lipinski definition) is 4. The van der Waals surface area contributed by atoms with Crippen molar-refractivity contribution in [1.82, 2.24) is 0 Å². The summed E-state index contributed by atoms with van der Waals surface area (Å²) < 4.78 is 0. The van der Waals surface area contributed by atoms with Gasteiger partial charge in [-0.05, 0) is 35.9 Å². The summed E-state index contributed by atoms with van der Waals surface area (Å²) in [5.41, 5.74) is 5.79. The fourth-order valence-corrected chi connectivity index (χ4v) is 2.47. The predicted molar refractivity (Wildman–Crippen MR) is 73.8 cm³/mol. The molecule has 0 fully saturated rings. The van der Waals surface area contributed by atoms with Crippen LogP contribution in [0.1, 0.15) is 11.7 Å². The highest BCUT2D eigenvalue weighted by Gasteiger charge is 2.21. The Labute approximate surface area is 105 Å². The summed E-state index contributed by atoms with van der Waals surface area (Å²) in [5, 5.41) is 13.5. The minimum atomic E-state index is 0.128. The maximum Gasteiger partial charge on any atom is 0.123 e. The highest BCUT2D eigenvalue weighted by molar-refractivity contribution is 5.77. The van der Waals surface area contributed by atoms with Gasteiger partial charge < -0.3 is 21.3 Å². The summed E-state index contributed by atoms with van der Waals surface area (Å²) >= 11 is 0. The van der Waals surface area contributed by atoms with E-state index in [1.807, 2.05) is 18.2 Å². The van der Waals surface area contributed by atoms with Gasteiger partial charge in [-0.1, -0.05) is 12.1 Å². The van der Waals surface area contributed by atoms with Gasteiger partial charge in [0.2, 0.25) is 0 Å². The van der Waals surface area contributed by atoms with Crippen molar-refractivity contribution in [2.45, 2.75) is 6.17 Å².